The van der Waals surface area contributed by atoms with Crippen LogP contribution in [0.5, 0.6) is 5.75 Å². The minimum Gasteiger partial charge on any atom is -0.497 e. The molecular weight excluding hydrogens is 346 g/mol. The fourth-order valence-corrected chi connectivity index (χ4v) is 3.08. The average Bonchev–Trinajstić information content (AvgIpc) is 3.10. The van der Waals surface area contributed by atoms with Crippen LogP contribution in [0.25, 0.3) is 22.4 Å². The van der Waals surface area contributed by atoms with Crippen molar-refractivity contribution in [3.63, 3.8) is 0 Å². The van der Waals surface area contributed by atoms with Crippen LogP contribution in [0.15, 0.2) is 30.5 Å². The van der Waals surface area contributed by atoms with Gasteiger partial charge in [0.1, 0.15) is 5.75 Å². The van der Waals surface area contributed by atoms with Crippen molar-refractivity contribution < 1.29 is 9.53 Å². The number of ether oxygens (including phenoxy) is 1. The Morgan fingerprint density at radius 2 is 2.00 bits per heavy atom. The molecule has 140 valence electrons. The summed E-state index contributed by atoms with van der Waals surface area (Å²) in [4.78, 5) is 21.2. The molecule has 9 nitrogen and oxygen atoms in total. The van der Waals surface area contributed by atoms with E-state index in [1.54, 1.807) is 13.3 Å². The molecule has 0 unspecified atom stereocenters. The number of carbonyl (C=O) groups is 1. The molecular formula is C18H21N7O2. The van der Waals surface area contributed by atoms with Crippen molar-refractivity contribution >= 4 is 23.0 Å². The Morgan fingerprint density at radius 1 is 1.22 bits per heavy atom. The van der Waals surface area contributed by atoms with Gasteiger partial charge in [0.05, 0.1) is 19.0 Å². The number of amides is 2. The number of hydrogen-bond donors (Lipinski definition) is 4. The number of benzene rings is 1. The fourth-order valence-electron chi connectivity index (χ4n) is 3.08. The number of fused-ring (bicyclic) bond motifs is 1. The fraction of sp³-hybridized carbons (Fsp3) is 0.333. The van der Waals surface area contributed by atoms with Crippen LogP contribution in [0.3, 0.4) is 0 Å². The first-order valence-electron chi connectivity index (χ1n) is 8.87. The highest BCUT2D eigenvalue weighted by molar-refractivity contribution is 5.96. The van der Waals surface area contributed by atoms with E-state index < -0.39 is 0 Å². The van der Waals surface area contributed by atoms with Gasteiger partial charge in [0, 0.05) is 11.6 Å². The highest BCUT2D eigenvalue weighted by Crippen LogP contribution is 2.24. The summed E-state index contributed by atoms with van der Waals surface area (Å²) in [5, 5.41) is 16.0. The molecule has 0 saturated carbocycles. The molecule has 0 radical (unpaired) electrons. The van der Waals surface area contributed by atoms with E-state index in [2.05, 4.69) is 36.1 Å². The number of carbonyl (C=O) groups excluding carboxylic acids is 1. The predicted molar refractivity (Wildman–Crippen MR) is 102 cm³/mol. The number of anilines is 1. The molecule has 0 bridgehead atoms. The van der Waals surface area contributed by atoms with Crippen molar-refractivity contribution in [2.24, 2.45) is 0 Å². The third-order valence-electron chi connectivity index (χ3n) is 4.56. The van der Waals surface area contributed by atoms with Gasteiger partial charge >= 0.3 is 6.03 Å². The lowest BCUT2D eigenvalue weighted by Gasteiger charge is -2.23. The smallest absolute Gasteiger partial charge is 0.320 e. The highest BCUT2D eigenvalue weighted by atomic mass is 16.5. The van der Waals surface area contributed by atoms with Gasteiger partial charge < -0.3 is 15.4 Å². The number of piperidine rings is 1. The van der Waals surface area contributed by atoms with E-state index in [4.69, 9.17) is 4.74 Å². The summed E-state index contributed by atoms with van der Waals surface area (Å²) >= 11 is 0. The van der Waals surface area contributed by atoms with Crippen molar-refractivity contribution in [1.82, 2.24) is 30.8 Å². The lowest BCUT2D eigenvalue weighted by Crippen LogP contribution is -2.44. The van der Waals surface area contributed by atoms with Crippen LogP contribution in [0.2, 0.25) is 0 Å². The van der Waals surface area contributed by atoms with E-state index in [1.165, 1.54) is 0 Å². The zero-order valence-electron chi connectivity index (χ0n) is 15.0. The lowest BCUT2D eigenvalue weighted by atomic mass is 10.1. The summed E-state index contributed by atoms with van der Waals surface area (Å²) < 4.78 is 5.18. The van der Waals surface area contributed by atoms with Gasteiger partial charge in [-0.2, -0.15) is 5.10 Å². The molecule has 9 heteroatoms. The molecule has 27 heavy (non-hydrogen) atoms. The van der Waals surface area contributed by atoms with Crippen LogP contribution >= 0.6 is 0 Å². The van der Waals surface area contributed by atoms with E-state index in [1.807, 2.05) is 24.3 Å². The minimum absolute atomic E-state index is 0.168. The molecule has 4 N–H and O–H groups in total. The van der Waals surface area contributed by atoms with Gasteiger partial charge in [-0.15, -0.1) is 0 Å². The lowest BCUT2D eigenvalue weighted by molar-refractivity contribution is 0.245. The predicted octanol–water partition coefficient (Wildman–Crippen LogP) is 1.90. The van der Waals surface area contributed by atoms with Crippen LogP contribution in [0, 0.1) is 0 Å². The second-order valence-electron chi connectivity index (χ2n) is 6.38. The quantitative estimate of drug-likeness (QED) is 0.560. The number of methoxy groups -OCH3 is 1. The Labute approximate surface area is 155 Å². The second-order valence-corrected chi connectivity index (χ2v) is 6.38. The molecule has 3 aromatic rings. The van der Waals surface area contributed by atoms with Crippen LogP contribution < -0.4 is 20.7 Å². The molecule has 3 heterocycles. The Morgan fingerprint density at radius 3 is 2.74 bits per heavy atom. The molecule has 0 aliphatic carbocycles. The van der Waals surface area contributed by atoms with Crippen LogP contribution in [0.1, 0.15) is 12.8 Å². The van der Waals surface area contributed by atoms with Crippen molar-refractivity contribution in [3.8, 4) is 17.0 Å². The van der Waals surface area contributed by atoms with Gasteiger partial charge in [-0.1, -0.05) is 0 Å². The molecule has 2 amide bonds. The molecule has 0 spiro atoms. The number of urea groups is 1. The monoisotopic (exact) mass is 367 g/mol. The standard InChI is InChI=1S/C18H21N7O2/c1-27-13-4-2-11(3-5-13)14-10-20-16-15(22-14)17(25-24-16)23-18(26)21-12-6-8-19-9-7-12/h2-5,10,12,19H,6-9H2,1H3,(H3,20,21,23,24,25,26). The summed E-state index contributed by atoms with van der Waals surface area (Å²) in [7, 11) is 1.62. The Kier molecular flexibility index (Phi) is 4.84. The summed E-state index contributed by atoms with van der Waals surface area (Å²) in [5.74, 6) is 1.20. The van der Waals surface area contributed by atoms with E-state index in [0.29, 0.717) is 22.7 Å². The zero-order chi connectivity index (χ0) is 18.6. The molecule has 1 fully saturated rings. The molecule has 1 aliphatic rings. The zero-order valence-corrected chi connectivity index (χ0v) is 15.0. The topological polar surface area (TPSA) is 117 Å². The third-order valence-corrected chi connectivity index (χ3v) is 4.56. The Balaban J connectivity index is 1.53. The molecule has 4 rings (SSSR count). The van der Waals surface area contributed by atoms with Gasteiger partial charge in [-0.3, -0.25) is 10.4 Å². The summed E-state index contributed by atoms with van der Waals surface area (Å²) in [6, 6.07) is 7.44. The average molecular weight is 367 g/mol. The van der Waals surface area contributed by atoms with E-state index >= 15 is 0 Å². The molecule has 2 aromatic heterocycles. The maximum atomic E-state index is 12.3. The van der Waals surface area contributed by atoms with Gasteiger partial charge in [0.15, 0.2) is 11.3 Å². The third kappa shape index (κ3) is 3.82. The van der Waals surface area contributed by atoms with Crippen molar-refractivity contribution in [2.75, 3.05) is 25.5 Å². The normalized spacial score (nSPS) is 14.9. The number of nitrogens with zero attached hydrogens (tertiary/aromatic N) is 3. The molecule has 1 aromatic carbocycles. The summed E-state index contributed by atoms with van der Waals surface area (Å²) in [6.45, 7) is 1.82. The number of rotatable bonds is 4. The van der Waals surface area contributed by atoms with Crippen LogP contribution in [0.4, 0.5) is 10.6 Å². The summed E-state index contributed by atoms with van der Waals surface area (Å²) in [6.07, 6.45) is 3.49. The van der Waals surface area contributed by atoms with Gasteiger partial charge in [-0.05, 0) is 50.2 Å². The van der Waals surface area contributed by atoms with E-state index in [0.717, 1.165) is 37.2 Å². The largest absolute Gasteiger partial charge is 0.497 e. The number of nitrogens with one attached hydrogen (secondary N) is 4. The number of hydrogen-bond acceptors (Lipinski definition) is 6. The second kappa shape index (κ2) is 7.58. The van der Waals surface area contributed by atoms with Crippen molar-refractivity contribution in [1.29, 1.82) is 0 Å². The van der Waals surface area contributed by atoms with Gasteiger partial charge in [0.2, 0.25) is 5.65 Å². The number of aromatic amines is 1. The highest BCUT2D eigenvalue weighted by Gasteiger charge is 2.17. The van der Waals surface area contributed by atoms with Crippen LogP contribution in [-0.4, -0.2) is 52.4 Å². The molecule has 0 atom stereocenters. The first-order valence-corrected chi connectivity index (χ1v) is 8.87. The van der Waals surface area contributed by atoms with Gasteiger partial charge in [-0.25, -0.2) is 14.8 Å². The number of aromatic nitrogens is 4. The molecule has 1 aliphatic heterocycles. The Bertz CT molecular complexity index is 933. The van der Waals surface area contributed by atoms with Crippen molar-refractivity contribution in [3.05, 3.63) is 30.5 Å². The van der Waals surface area contributed by atoms with E-state index in [-0.39, 0.29) is 12.1 Å². The number of H-pyrrole nitrogens is 1. The summed E-state index contributed by atoms with van der Waals surface area (Å²) in [5.41, 5.74) is 2.55. The SMILES string of the molecule is COc1ccc(-c2cnc3n[nH]c(NC(=O)NC4CCNCC4)c3n2)cc1. The first kappa shape index (κ1) is 17.2. The first-order chi connectivity index (χ1) is 13.2. The Hall–Kier alpha value is -3.20. The van der Waals surface area contributed by atoms with Crippen LogP contribution in [-0.2, 0) is 0 Å². The minimum atomic E-state index is -0.274. The van der Waals surface area contributed by atoms with E-state index in [9.17, 15) is 4.79 Å². The molecule has 1 saturated heterocycles. The van der Waals surface area contributed by atoms with Crippen molar-refractivity contribution in [2.45, 2.75) is 18.9 Å². The maximum Gasteiger partial charge on any atom is 0.320 e. The van der Waals surface area contributed by atoms with Gasteiger partial charge in [0.25, 0.3) is 0 Å². The maximum absolute atomic E-state index is 12.3.